The summed E-state index contributed by atoms with van der Waals surface area (Å²) in [5, 5.41) is 0. The average Bonchev–Trinajstić information content (AvgIpc) is 2.84. The minimum atomic E-state index is -0.148. The lowest BCUT2D eigenvalue weighted by Gasteiger charge is -2.08. The van der Waals surface area contributed by atoms with Gasteiger partial charge in [-0.1, -0.05) is 58.8 Å². The predicted octanol–water partition coefficient (Wildman–Crippen LogP) is 4.57. The minimum absolute atomic E-state index is 0.148. The van der Waals surface area contributed by atoms with Gasteiger partial charge >= 0.3 is 5.97 Å². The lowest BCUT2D eigenvalue weighted by molar-refractivity contribution is -0.145. The molecule has 0 bridgehead atoms. The summed E-state index contributed by atoms with van der Waals surface area (Å²) in [6.45, 7) is 11.3. The van der Waals surface area contributed by atoms with E-state index in [1.807, 2.05) is 0 Å². The van der Waals surface area contributed by atoms with Crippen molar-refractivity contribution < 1.29 is 38.0 Å². The fraction of sp³-hybridized carbons (Fsp3) is 0.962. The van der Waals surface area contributed by atoms with Crippen LogP contribution in [0.15, 0.2) is 0 Å². The molecule has 0 fully saturated rings. The molecule has 0 aliphatic carbocycles. The van der Waals surface area contributed by atoms with Crippen molar-refractivity contribution in [1.82, 2.24) is 0 Å². The molecule has 0 aromatic rings. The lowest BCUT2D eigenvalue weighted by Crippen LogP contribution is -2.15. The van der Waals surface area contributed by atoms with Gasteiger partial charge in [-0.3, -0.25) is 4.79 Å². The van der Waals surface area contributed by atoms with E-state index in [0.29, 0.717) is 85.7 Å². The molecule has 0 N–H and O–H groups in total. The Balaban J connectivity index is 3.06. The molecule has 0 rings (SSSR count). The van der Waals surface area contributed by atoms with Crippen molar-refractivity contribution in [2.75, 3.05) is 85.9 Å². The van der Waals surface area contributed by atoms with Gasteiger partial charge in [0, 0.05) is 13.0 Å². The topological polar surface area (TPSA) is 81.7 Å². The Morgan fingerprint density at radius 1 is 0.412 bits per heavy atom. The number of hydrogen-bond acceptors (Lipinski definition) is 8. The van der Waals surface area contributed by atoms with Gasteiger partial charge in [-0.2, -0.15) is 0 Å². The maximum atomic E-state index is 11.4. The number of hydrogen-bond donors (Lipinski definition) is 0. The number of rotatable bonds is 29. The van der Waals surface area contributed by atoms with Gasteiger partial charge in [-0.05, 0) is 12.8 Å². The third-order valence-electron chi connectivity index (χ3n) is 4.98. The van der Waals surface area contributed by atoms with Gasteiger partial charge in [-0.15, -0.1) is 0 Å². The van der Waals surface area contributed by atoms with Crippen LogP contribution in [0.5, 0.6) is 0 Å². The highest BCUT2D eigenvalue weighted by Crippen LogP contribution is 2.04. The molecule has 0 radical (unpaired) electrons. The first-order valence-electron chi connectivity index (χ1n) is 13.4. The van der Waals surface area contributed by atoms with Crippen LogP contribution in [0.3, 0.4) is 0 Å². The van der Waals surface area contributed by atoms with Gasteiger partial charge in [0.25, 0.3) is 0 Å². The Morgan fingerprint density at radius 2 is 0.765 bits per heavy atom. The predicted molar refractivity (Wildman–Crippen MR) is 133 cm³/mol. The SMILES string of the molecule is CCCCCCCCOCCOCCOCCOCCOCCOCCOC(=O)CCCCC. The fourth-order valence-electron chi connectivity index (χ4n) is 2.99. The van der Waals surface area contributed by atoms with E-state index in [1.165, 1.54) is 32.1 Å². The maximum Gasteiger partial charge on any atom is 0.305 e. The van der Waals surface area contributed by atoms with Crippen molar-refractivity contribution in [1.29, 1.82) is 0 Å². The zero-order valence-corrected chi connectivity index (χ0v) is 22.0. The Kier molecular flexibility index (Phi) is 29.6. The number of unbranched alkanes of at least 4 members (excludes halogenated alkanes) is 7. The number of carbonyl (C=O) groups is 1. The molecule has 8 nitrogen and oxygen atoms in total. The summed E-state index contributed by atoms with van der Waals surface area (Å²) in [6.07, 6.45) is 11.2. The number of esters is 1. The first-order chi connectivity index (χ1) is 16.8. The molecule has 204 valence electrons. The highest BCUT2D eigenvalue weighted by Gasteiger charge is 2.01. The van der Waals surface area contributed by atoms with Crippen molar-refractivity contribution in [3.63, 3.8) is 0 Å². The number of ether oxygens (including phenoxy) is 7. The molecule has 0 amide bonds. The Bertz CT molecular complexity index is 395. The van der Waals surface area contributed by atoms with Crippen LogP contribution in [0.25, 0.3) is 0 Å². The Labute approximate surface area is 208 Å². The highest BCUT2D eigenvalue weighted by atomic mass is 16.6. The van der Waals surface area contributed by atoms with E-state index in [9.17, 15) is 4.79 Å². The zero-order chi connectivity index (χ0) is 24.8. The van der Waals surface area contributed by atoms with E-state index in [2.05, 4.69) is 13.8 Å². The summed E-state index contributed by atoms with van der Waals surface area (Å²) in [6, 6.07) is 0. The van der Waals surface area contributed by atoms with Crippen LogP contribution in [-0.2, 0) is 38.0 Å². The summed E-state index contributed by atoms with van der Waals surface area (Å²) in [5.74, 6) is -0.148. The van der Waals surface area contributed by atoms with Crippen molar-refractivity contribution in [3.05, 3.63) is 0 Å². The third-order valence-corrected chi connectivity index (χ3v) is 4.98. The molecule has 0 atom stereocenters. The van der Waals surface area contributed by atoms with Crippen LogP contribution in [0.4, 0.5) is 0 Å². The molecule has 0 aromatic carbocycles. The smallest absolute Gasteiger partial charge is 0.305 e. The largest absolute Gasteiger partial charge is 0.463 e. The molecule has 0 aliphatic heterocycles. The van der Waals surface area contributed by atoms with Crippen LogP contribution in [0, 0.1) is 0 Å². The molecular formula is C26H52O8. The second-order valence-corrected chi connectivity index (χ2v) is 8.12. The van der Waals surface area contributed by atoms with Crippen LogP contribution in [0.1, 0.15) is 78.1 Å². The molecule has 0 unspecified atom stereocenters. The molecule has 0 aliphatic rings. The van der Waals surface area contributed by atoms with Gasteiger partial charge in [0.2, 0.25) is 0 Å². The fourth-order valence-corrected chi connectivity index (χ4v) is 2.99. The van der Waals surface area contributed by atoms with Gasteiger partial charge < -0.3 is 33.2 Å². The molecule has 0 aromatic heterocycles. The van der Waals surface area contributed by atoms with E-state index in [4.69, 9.17) is 33.2 Å². The molecule has 0 spiro atoms. The molecule has 34 heavy (non-hydrogen) atoms. The highest BCUT2D eigenvalue weighted by molar-refractivity contribution is 5.69. The second-order valence-electron chi connectivity index (χ2n) is 8.12. The second kappa shape index (κ2) is 30.3. The maximum absolute atomic E-state index is 11.4. The molecular weight excluding hydrogens is 440 g/mol. The van der Waals surface area contributed by atoms with Crippen molar-refractivity contribution in [2.45, 2.75) is 78.1 Å². The van der Waals surface area contributed by atoms with Crippen molar-refractivity contribution >= 4 is 5.97 Å². The molecule has 0 saturated heterocycles. The summed E-state index contributed by atoms with van der Waals surface area (Å²) in [5.41, 5.74) is 0. The average molecular weight is 493 g/mol. The monoisotopic (exact) mass is 492 g/mol. The molecule has 0 heterocycles. The van der Waals surface area contributed by atoms with E-state index in [1.54, 1.807) is 0 Å². The summed E-state index contributed by atoms with van der Waals surface area (Å²) in [4.78, 5) is 11.4. The van der Waals surface area contributed by atoms with Crippen molar-refractivity contribution in [2.24, 2.45) is 0 Å². The summed E-state index contributed by atoms with van der Waals surface area (Å²) < 4.78 is 37.8. The van der Waals surface area contributed by atoms with Crippen LogP contribution >= 0.6 is 0 Å². The summed E-state index contributed by atoms with van der Waals surface area (Å²) >= 11 is 0. The van der Waals surface area contributed by atoms with Gasteiger partial charge in [-0.25, -0.2) is 0 Å². The Hall–Kier alpha value is -0.770. The molecule has 0 saturated carbocycles. The number of carbonyl (C=O) groups excluding carboxylic acids is 1. The van der Waals surface area contributed by atoms with E-state index in [0.717, 1.165) is 32.3 Å². The van der Waals surface area contributed by atoms with Crippen LogP contribution < -0.4 is 0 Å². The minimum Gasteiger partial charge on any atom is -0.463 e. The first-order valence-corrected chi connectivity index (χ1v) is 13.4. The lowest BCUT2D eigenvalue weighted by atomic mass is 10.1. The zero-order valence-electron chi connectivity index (χ0n) is 22.0. The normalized spacial score (nSPS) is 11.2. The van der Waals surface area contributed by atoms with E-state index < -0.39 is 0 Å². The van der Waals surface area contributed by atoms with Crippen LogP contribution in [-0.4, -0.2) is 91.9 Å². The van der Waals surface area contributed by atoms with Gasteiger partial charge in [0.05, 0.1) is 72.7 Å². The van der Waals surface area contributed by atoms with Crippen LogP contribution in [0.2, 0.25) is 0 Å². The Morgan fingerprint density at radius 3 is 1.24 bits per heavy atom. The van der Waals surface area contributed by atoms with Gasteiger partial charge in [0.15, 0.2) is 0 Å². The first kappa shape index (κ1) is 33.2. The van der Waals surface area contributed by atoms with E-state index in [-0.39, 0.29) is 5.97 Å². The van der Waals surface area contributed by atoms with E-state index >= 15 is 0 Å². The molecule has 8 heteroatoms. The standard InChI is InChI=1S/C26H52O8/c1-3-5-7-8-9-11-13-28-14-15-29-16-17-30-18-19-31-20-21-32-22-23-33-24-25-34-26(27)12-10-6-4-2/h3-25H2,1-2H3. The quantitative estimate of drug-likeness (QED) is 0.111. The third kappa shape index (κ3) is 29.3. The van der Waals surface area contributed by atoms with Crippen molar-refractivity contribution in [3.8, 4) is 0 Å². The summed E-state index contributed by atoms with van der Waals surface area (Å²) in [7, 11) is 0. The van der Waals surface area contributed by atoms with Gasteiger partial charge in [0.1, 0.15) is 6.61 Å².